The summed E-state index contributed by atoms with van der Waals surface area (Å²) >= 11 is 1.43. The summed E-state index contributed by atoms with van der Waals surface area (Å²) in [5.41, 5.74) is 0.537. The summed E-state index contributed by atoms with van der Waals surface area (Å²) in [5, 5.41) is 1.86. The maximum atomic E-state index is 11.1. The Kier molecular flexibility index (Phi) is 2.60. The average molecular weight is 240 g/mol. The van der Waals surface area contributed by atoms with Gasteiger partial charge in [-0.3, -0.25) is 4.55 Å². The zero-order chi connectivity index (χ0) is 10.9. The fourth-order valence-electron chi connectivity index (χ4n) is 1.33. The van der Waals surface area contributed by atoms with Gasteiger partial charge >= 0.3 is 0 Å². The van der Waals surface area contributed by atoms with Gasteiger partial charge in [0, 0.05) is 10.4 Å². The van der Waals surface area contributed by atoms with Crippen molar-refractivity contribution in [1.82, 2.24) is 0 Å². The molecule has 1 N–H and O–H groups in total. The Morgan fingerprint density at radius 1 is 1.07 bits per heavy atom. The lowest BCUT2D eigenvalue weighted by Gasteiger charge is -2.03. The van der Waals surface area contributed by atoms with E-state index < -0.39 is 10.1 Å². The summed E-state index contributed by atoms with van der Waals surface area (Å²) in [7, 11) is -4.15. The van der Waals surface area contributed by atoms with E-state index in [2.05, 4.69) is 0 Å². The lowest BCUT2D eigenvalue weighted by atomic mass is 10.2. The van der Waals surface area contributed by atoms with Crippen molar-refractivity contribution < 1.29 is 13.0 Å². The Morgan fingerprint density at radius 3 is 2.40 bits per heavy atom. The summed E-state index contributed by atoms with van der Waals surface area (Å²) in [4.78, 5) is 0.774. The van der Waals surface area contributed by atoms with E-state index in [4.69, 9.17) is 4.55 Å². The fourth-order valence-corrected chi connectivity index (χ4v) is 2.86. The Hall–Kier alpha value is -1.17. The number of hydrogen-bond donors (Lipinski definition) is 1. The average Bonchev–Trinajstić information content (AvgIpc) is 2.69. The predicted molar refractivity (Wildman–Crippen MR) is 59.6 cm³/mol. The Bertz CT molecular complexity index is 556. The van der Waals surface area contributed by atoms with Crippen molar-refractivity contribution in [2.24, 2.45) is 0 Å². The first-order valence-electron chi connectivity index (χ1n) is 4.19. The second kappa shape index (κ2) is 3.77. The molecule has 1 heterocycles. The molecule has 0 saturated carbocycles. The van der Waals surface area contributed by atoms with Crippen LogP contribution in [0.15, 0.2) is 46.7 Å². The summed E-state index contributed by atoms with van der Waals surface area (Å²) in [5.74, 6) is 0. The van der Waals surface area contributed by atoms with Crippen molar-refractivity contribution in [1.29, 1.82) is 0 Å². The van der Waals surface area contributed by atoms with E-state index in [-0.39, 0.29) is 4.90 Å². The Balaban J connectivity index is 2.68. The Labute approximate surface area is 91.8 Å². The minimum atomic E-state index is -4.15. The molecule has 0 bridgehead atoms. The van der Waals surface area contributed by atoms with Crippen molar-refractivity contribution >= 4 is 21.5 Å². The molecule has 78 valence electrons. The highest BCUT2D eigenvalue weighted by Gasteiger charge is 2.15. The molecule has 0 atom stereocenters. The summed E-state index contributed by atoms with van der Waals surface area (Å²) in [6.45, 7) is 0. The molecule has 0 radical (unpaired) electrons. The van der Waals surface area contributed by atoms with E-state index >= 15 is 0 Å². The molecule has 2 rings (SSSR count). The van der Waals surface area contributed by atoms with Gasteiger partial charge in [-0.2, -0.15) is 8.42 Å². The third kappa shape index (κ3) is 2.09. The lowest BCUT2D eigenvalue weighted by molar-refractivity contribution is 0.483. The zero-order valence-corrected chi connectivity index (χ0v) is 9.25. The topological polar surface area (TPSA) is 54.4 Å². The first kappa shape index (κ1) is 10.4. The predicted octanol–water partition coefficient (Wildman–Crippen LogP) is 2.66. The zero-order valence-electron chi connectivity index (χ0n) is 7.62. The molecule has 3 nitrogen and oxygen atoms in total. The fraction of sp³-hybridized carbons (Fsp3) is 0. The van der Waals surface area contributed by atoms with Crippen LogP contribution in [0.4, 0.5) is 0 Å². The van der Waals surface area contributed by atoms with Crippen LogP contribution >= 0.6 is 11.3 Å². The molecule has 0 amide bonds. The molecule has 0 aliphatic rings. The van der Waals surface area contributed by atoms with Crippen molar-refractivity contribution in [2.75, 3.05) is 0 Å². The molecular formula is C10H8O3S2. The van der Waals surface area contributed by atoms with Crippen LogP contribution in [0.5, 0.6) is 0 Å². The van der Waals surface area contributed by atoms with Gasteiger partial charge in [0.1, 0.15) is 4.90 Å². The normalized spacial score (nSPS) is 11.5. The Morgan fingerprint density at radius 2 is 1.80 bits per heavy atom. The van der Waals surface area contributed by atoms with Crippen LogP contribution in [-0.2, 0) is 10.1 Å². The van der Waals surface area contributed by atoms with Crippen LogP contribution in [0.25, 0.3) is 10.4 Å². The molecule has 5 heteroatoms. The smallest absolute Gasteiger partial charge is 0.282 e. The van der Waals surface area contributed by atoms with E-state index in [0.29, 0.717) is 5.56 Å². The van der Waals surface area contributed by atoms with Gasteiger partial charge in [0.25, 0.3) is 10.1 Å². The van der Waals surface area contributed by atoms with Gasteiger partial charge in [-0.1, -0.05) is 24.3 Å². The van der Waals surface area contributed by atoms with Crippen LogP contribution in [0.3, 0.4) is 0 Å². The standard InChI is InChI=1S/C10H8O3S2/c11-15(12,13)10-6-2-1-4-8(10)9-5-3-7-14-9/h1-7H,(H,11,12,13). The maximum absolute atomic E-state index is 11.1. The van der Waals surface area contributed by atoms with Gasteiger partial charge < -0.3 is 0 Å². The van der Waals surface area contributed by atoms with Crippen LogP contribution in [-0.4, -0.2) is 13.0 Å². The van der Waals surface area contributed by atoms with Crippen LogP contribution in [0.2, 0.25) is 0 Å². The van der Waals surface area contributed by atoms with Gasteiger partial charge in [0.05, 0.1) is 0 Å². The SMILES string of the molecule is O=S(=O)(O)c1ccccc1-c1cccs1. The van der Waals surface area contributed by atoms with E-state index in [1.165, 1.54) is 17.4 Å². The number of hydrogen-bond acceptors (Lipinski definition) is 3. The second-order valence-corrected chi connectivity index (χ2v) is 5.29. The van der Waals surface area contributed by atoms with E-state index in [1.807, 2.05) is 17.5 Å². The number of rotatable bonds is 2. The molecule has 0 aliphatic carbocycles. The van der Waals surface area contributed by atoms with Crippen LogP contribution in [0.1, 0.15) is 0 Å². The molecule has 1 aromatic carbocycles. The second-order valence-electron chi connectivity index (χ2n) is 2.95. The van der Waals surface area contributed by atoms with Gasteiger partial charge in [-0.15, -0.1) is 11.3 Å². The van der Waals surface area contributed by atoms with E-state index in [1.54, 1.807) is 18.2 Å². The van der Waals surface area contributed by atoms with Crippen LogP contribution < -0.4 is 0 Å². The largest absolute Gasteiger partial charge is 0.295 e. The summed E-state index contributed by atoms with van der Waals surface area (Å²) in [6.07, 6.45) is 0. The van der Waals surface area contributed by atoms with Crippen LogP contribution in [0, 0.1) is 0 Å². The van der Waals surface area contributed by atoms with Crippen molar-refractivity contribution in [3.05, 3.63) is 41.8 Å². The first-order valence-corrected chi connectivity index (χ1v) is 6.51. The molecule has 0 aliphatic heterocycles. The summed E-state index contributed by atoms with van der Waals surface area (Å²) in [6, 6.07) is 10.0. The highest BCUT2D eigenvalue weighted by Crippen LogP contribution is 2.30. The van der Waals surface area contributed by atoms with E-state index in [0.717, 1.165) is 4.88 Å². The molecule has 0 spiro atoms. The van der Waals surface area contributed by atoms with Crippen molar-refractivity contribution in [2.45, 2.75) is 4.90 Å². The van der Waals surface area contributed by atoms with E-state index in [9.17, 15) is 8.42 Å². The number of benzene rings is 1. The number of thiophene rings is 1. The van der Waals surface area contributed by atoms with Gasteiger partial charge in [-0.25, -0.2) is 0 Å². The molecule has 15 heavy (non-hydrogen) atoms. The molecular weight excluding hydrogens is 232 g/mol. The van der Waals surface area contributed by atoms with Crippen molar-refractivity contribution in [3.63, 3.8) is 0 Å². The molecule has 0 fully saturated rings. The van der Waals surface area contributed by atoms with Gasteiger partial charge in [0.2, 0.25) is 0 Å². The maximum Gasteiger partial charge on any atom is 0.295 e. The van der Waals surface area contributed by atoms with Crippen molar-refractivity contribution in [3.8, 4) is 10.4 Å². The quantitative estimate of drug-likeness (QED) is 0.821. The molecule has 0 unspecified atom stereocenters. The molecule has 1 aromatic heterocycles. The van der Waals surface area contributed by atoms with Gasteiger partial charge in [-0.05, 0) is 17.5 Å². The monoisotopic (exact) mass is 240 g/mol. The third-order valence-electron chi connectivity index (χ3n) is 1.95. The van der Waals surface area contributed by atoms with Gasteiger partial charge in [0.15, 0.2) is 0 Å². The summed E-state index contributed by atoms with van der Waals surface area (Å²) < 4.78 is 31.3. The first-order chi connectivity index (χ1) is 7.09. The minimum absolute atomic E-state index is 0.0487. The highest BCUT2D eigenvalue weighted by atomic mass is 32.2. The molecule has 0 saturated heterocycles. The molecule has 2 aromatic rings. The highest BCUT2D eigenvalue weighted by molar-refractivity contribution is 7.86. The lowest BCUT2D eigenvalue weighted by Crippen LogP contribution is -1.99. The minimum Gasteiger partial charge on any atom is -0.282 e. The third-order valence-corrected chi connectivity index (χ3v) is 3.77.